The highest BCUT2D eigenvalue weighted by molar-refractivity contribution is 7.08. The fraction of sp³-hybridized carbons (Fsp3) is 0.400. The summed E-state index contributed by atoms with van der Waals surface area (Å²) >= 11 is 1.58. The molecular formula is C20H27N5OS. The number of hydrogen-bond donors (Lipinski definition) is 3. The van der Waals surface area contributed by atoms with Crippen molar-refractivity contribution in [1.29, 1.82) is 0 Å². The molecule has 3 aromatic rings. The van der Waals surface area contributed by atoms with Gasteiger partial charge in [-0.3, -0.25) is 0 Å². The number of thiophene rings is 1. The van der Waals surface area contributed by atoms with Gasteiger partial charge in [0.15, 0.2) is 5.96 Å². The van der Waals surface area contributed by atoms with Crippen LogP contribution in [0.15, 0.2) is 46.1 Å². The molecular weight excluding hydrogens is 358 g/mol. The lowest BCUT2D eigenvalue weighted by atomic mass is 10.00. The number of benzene rings is 1. The van der Waals surface area contributed by atoms with Gasteiger partial charge in [-0.2, -0.15) is 11.3 Å². The van der Waals surface area contributed by atoms with Crippen LogP contribution in [-0.2, 0) is 12.1 Å². The van der Waals surface area contributed by atoms with Gasteiger partial charge in [-0.25, -0.2) is 9.98 Å². The molecule has 0 aliphatic heterocycles. The quantitative estimate of drug-likeness (QED) is 0.432. The van der Waals surface area contributed by atoms with E-state index in [-0.39, 0.29) is 0 Å². The number of hydrogen-bond acceptors (Lipinski definition) is 4. The molecule has 7 heteroatoms. The van der Waals surface area contributed by atoms with E-state index in [1.54, 1.807) is 18.3 Å². The minimum absolute atomic E-state index is 0.298. The number of aryl methyl sites for hydroxylation is 1. The molecule has 0 aliphatic carbocycles. The zero-order chi connectivity index (χ0) is 19.3. The lowest BCUT2D eigenvalue weighted by molar-refractivity contribution is 0.0677. The zero-order valence-electron chi connectivity index (χ0n) is 16.1. The SMILES string of the molecule is CCNC(=NCC(C)(O)c1ccsc1)NCCn1c(C)nc2ccccc21. The Balaban J connectivity index is 1.63. The summed E-state index contributed by atoms with van der Waals surface area (Å²) in [4.78, 5) is 9.17. The fourth-order valence-electron chi connectivity index (χ4n) is 3.00. The summed E-state index contributed by atoms with van der Waals surface area (Å²) in [5, 5.41) is 21.2. The Hall–Kier alpha value is -2.38. The molecule has 0 spiro atoms. The van der Waals surface area contributed by atoms with Crippen LogP contribution in [0.4, 0.5) is 0 Å². The summed E-state index contributed by atoms with van der Waals surface area (Å²) in [6, 6.07) is 10.1. The number of imidazole rings is 1. The number of rotatable bonds is 7. The van der Waals surface area contributed by atoms with Crippen LogP contribution < -0.4 is 10.6 Å². The number of fused-ring (bicyclic) bond motifs is 1. The molecule has 0 saturated carbocycles. The second-order valence-corrected chi connectivity index (χ2v) is 7.49. The lowest BCUT2D eigenvalue weighted by Crippen LogP contribution is -2.40. The molecule has 1 unspecified atom stereocenters. The largest absolute Gasteiger partial charge is 0.383 e. The number of nitrogens with zero attached hydrogens (tertiary/aromatic N) is 3. The predicted molar refractivity (Wildman–Crippen MR) is 112 cm³/mol. The topological polar surface area (TPSA) is 74.5 Å². The van der Waals surface area contributed by atoms with E-state index in [1.807, 2.05) is 48.9 Å². The second kappa shape index (κ2) is 8.54. The molecule has 27 heavy (non-hydrogen) atoms. The third-order valence-electron chi connectivity index (χ3n) is 4.51. The van der Waals surface area contributed by atoms with Gasteiger partial charge in [-0.05, 0) is 55.3 Å². The average molecular weight is 386 g/mol. The Morgan fingerprint density at radius 3 is 2.85 bits per heavy atom. The molecule has 0 fully saturated rings. The average Bonchev–Trinajstić information content (AvgIpc) is 3.29. The van der Waals surface area contributed by atoms with Crippen molar-refractivity contribution in [3.05, 3.63) is 52.5 Å². The van der Waals surface area contributed by atoms with Crippen LogP contribution in [0.2, 0.25) is 0 Å². The second-order valence-electron chi connectivity index (χ2n) is 6.71. The smallest absolute Gasteiger partial charge is 0.191 e. The third-order valence-corrected chi connectivity index (χ3v) is 5.19. The molecule has 2 aromatic heterocycles. The maximum Gasteiger partial charge on any atom is 0.191 e. The number of aliphatic imine (C=N–C) groups is 1. The molecule has 2 heterocycles. The van der Waals surface area contributed by atoms with E-state index >= 15 is 0 Å². The molecule has 0 aliphatic rings. The Bertz CT molecular complexity index is 898. The van der Waals surface area contributed by atoms with Crippen molar-refractivity contribution < 1.29 is 5.11 Å². The monoisotopic (exact) mass is 385 g/mol. The Labute approximate surface area is 164 Å². The van der Waals surface area contributed by atoms with Crippen molar-refractivity contribution in [1.82, 2.24) is 20.2 Å². The molecule has 1 atom stereocenters. The van der Waals surface area contributed by atoms with Crippen molar-refractivity contribution in [2.45, 2.75) is 32.9 Å². The number of aromatic nitrogens is 2. The Kier molecular flexibility index (Phi) is 6.13. The minimum atomic E-state index is -0.973. The Morgan fingerprint density at radius 1 is 1.30 bits per heavy atom. The van der Waals surface area contributed by atoms with Crippen LogP contribution in [-0.4, -0.2) is 40.3 Å². The van der Waals surface area contributed by atoms with E-state index < -0.39 is 5.60 Å². The van der Waals surface area contributed by atoms with E-state index in [0.717, 1.165) is 35.5 Å². The number of aliphatic hydroxyl groups is 1. The molecule has 0 bridgehead atoms. The molecule has 1 aromatic carbocycles. The highest BCUT2D eigenvalue weighted by Crippen LogP contribution is 2.23. The summed E-state index contributed by atoms with van der Waals surface area (Å²) in [7, 11) is 0. The normalized spacial score (nSPS) is 14.3. The van der Waals surface area contributed by atoms with Crippen LogP contribution in [0.1, 0.15) is 25.2 Å². The van der Waals surface area contributed by atoms with Crippen LogP contribution in [0, 0.1) is 6.92 Å². The van der Waals surface area contributed by atoms with Gasteiger partial charge in [0.25, 0.3) is 0 Å². The summed E-state index contributed by atoms with van der Waals surface area (Å²) in [6.07, 6.45) is 0. The van der Waals surface area contributed by atoms with Crippen molar-refractivity contribution in [3.63, 3.8) is 0 Å². The lowest BCUT2D eigenvalue weighted by Gasteiger charge is -2.21. The maximum atomic E-state index is 10.7. The third kappa shape index (κ3) is 4.67. The van der Waals surface area contributed by atoms with Crippen molar-refractivity contribution in [2.24, 2.45) is 4.99 Å². The van der Waals surface area contributed by atoms with Gasteiger partial charge >= 0.3 is 0 Å². The molecule has 6 nitrogen and oxygen atoms in total. The molecule has 144 valence electrons. The van der Waals surface area contributed by atoms with E-state index in [2.05, 4.69) is 31.2 Å². The molecule has 0 saturated heterocycles. The standard InChI is InChI=1S/C20H27N5OS/c1-4-21-19(23-14-20(3,26)16-9-12-27-13-16)22-10-11-25-15(2)24-17-7-5-6-8-18(17)25/h5-9,12-13,26H,4,10-11,14H2,1-3H3,(H2,21,22,23). The van der Waals surface area contributed by atoms with E-state index in [0.29, 0.717) is 19.0 Å². The summed E-state index contributed by atoms with van der Waals surface area (Å²) in [5.74, 6) is 1.70. The van der Waals surface area contributed by atoms with Gasteiger partial charge in [0, 0.05) is 19.6 Å². The predicted octanol–water partition coefficient (Wildman–Crippen LogP) is 2.87. The van der Waals surface area contributed by atoms with E-state index in [4.69, 9.17) is 0 Å². The zero-order valence-corrected chi connectivity index (χ0v) is 16.9. The maximum absolute atomic E-state index is 10.7. The first-order valence-corrected chi connectivity index (χ1v) is 10.1. The first-order chi connectivity index (χ1) is 13.0. The van der Waals surface area contributed by atoms with Gasteiger partial charge in [0.2, 0.25) is 0 Å². The van der Waals surface area contributed by atoms with Crippen LogP contribution >= 0.6 is 11.3 Å². The van der Waals surface area contributed by atoms with Crippen LogP contribution in [0.3, 0.4) is 0 Å². The van der Waals surface area contributed by atoms with Crippen molar-refractivity contribution in [2.75, 3.05) is 19.6 Å². The highest BCUT2D eigenvalue weighted by Gasteiger charge is 2.23. The molecule has 3 N–H and O–H groups in total. The summed E-state index contributed by atoms with van der Waals surface area (Å²) < 4.78 is 2.20. The van der Waals surface area contributed by atoms with E-state index in [9.17, 15) is 5.11 Å². The summed E-state index contributed by atoms with van der Waals surface area (Å²) in [5.41, 5.74) is 2.08. The molecule has 0 amide bonds. The number of guanidine groups is 1. The van der Waals surface area contributed by atoms with Gasteiger partial charge in [0.05, 0.1) is 17.6 Å². The molecule has 3 rings (SSSR count). The van der Waals surface area contributed by atoms with Gasteiger partial charge in [-0.15, -0.1) is 0 Å². The number of nitrogens with one attached hydrogen (secondary N) is 2. The van der Waals surface area contributed by atoms with Crippen LogP contribution in [0.25, 0.3) is 11.0 Å². The van der Waals surface area contributed by atoms with E-state index in [1.165, 1.54) is 0 Å². The fourth-order valence-corrected chi connectivity index (χ4v) is 3.78. The minimum Gasteiger partial charge on any atom is -0.383 e. The van der Waals surface area contributed by atoms with Gasteiger partial charge < -0.3 is 20.3 Å². The number of para-hydroxylation sites is 2. The van der Waals surface area contributed by atoms with Crippen molar-refractivity contribution >= 4 is 28.3 Å². The first-order valence-electron chi connectivity index (χ1n) is 9.20. The van der Waals surface area contributed by atoms with Crippen LogP contribution in [0.5, 0.6) is 0 Å². The summed E-state index contributed by atoms with van der Waals surface area (Å²) in [6.45, 7) is 8.42. The first kappa shape index (κ1) is 19.4. The highest BCUT2D eigenvalue weighted by atomic mass is 32.1. The molecule has 0 radical (unpaired) electrons. The van der Waals surface area contributed by atoms with Gasteiger partial charge in [-0.1, -0.05) is 12.1 Å². The van der Waals surface area contributed by atoms with Gasteiger partial charge in [0.1, 0.15) is 11.4 Å². The van der Waals surface area contributed by atoms with Crippen molar-refractivity contribution in [3.8, 4) is 0 Å². The Morgan fingerprint density at radius 2 is 2.11 bits per heavy atom.